The summed E-state index contributed by atoms with van der Waals surface area (Å²) in [4.78, 5) is 30.7. The van der Waals surface area contributed by atoms with E-state index < -0.39 is 6.10 Å². The van der Waals surface area contributed by atoms with Crippen molar-refractivity contribution in [3.63, 3.8) is 0 Å². The molecule has 0 bridgehead atoms. The molecule has 1 fully saturated rings. The number of rotatable bonds is 2. The maximum atomic E-state index is 12.9. The van der Waals surface area contributed by atoms with Crippen molar-refractivity contribution < 1.29 is 19.1 Å². The molecule has 2 aromatic carbocycles. The van der Waals surface area contributed by atoms with E-state index in [-0.39, 0.29) is 23.7 Å². The number of ether oxygens (including phenoxy) is 2. The van der Waals surface area contributed by atoms with E-state index in [1.54, 1.807) is 16.7 Å². The normalized spacial score (nSPS) is 22.9. The van der Waals surface area contributed by atoms with Gasteiger partial charge in [-0.05, 0) is 30.2 Å². The molecule has 3 heterocycles. The summed E-state index contributed by atoms with van der Waals surface area (Å²) in [7, 11) is 0. The molecule has 0 radical (unpaired) electrons. The minimum absolute atomic E-state index is 0.0544. The quantitative estimate of drug-likeness (QED) is 0.760. The number of thioether (sulfide) groups is 1. The largest absolute Gasteiger partial charge is 0.485 e. The summed E-state index contributed by atoms with van der Waals surface area (Å²) in [6.07, 6.45) is 0.151. The molecule has 0 saturated carbocycles. The molecule has 2 amide bonds. The third-order valence-corrected chi connectivity index (χ3v) is 6.91. The van der Waals surface area contributed by atoms with Crippen molar-refractivity contribution in [1.29, 1.82) is 0 Å². The van der Waals surface area contributed by atoms with Crippen LogP contribution in [0.3, 0.4) is 0 Å². The topological polar surface area (TPSA) is 59.1 Å². The molecule has 5 rings (SSSR count). The van der Waals surface area contributed by atoms with E-state index in [2.05, 4.69) is 12.1 Å². The number of fused-ring (bicyclic) bond motifs is 2. The third-order valence-electron chi connectivity index (χ3n) is 5.61. The zero-order valence-electron chi connectivity index (χ0n) is 16.0. The Morgan fingerprint density at radius 2 is 1.52 bits per heavy atom. The second-order valence-corrected chi connectivity index (χ2v) is 8.68. The first kappa shape index (κ1) is 18.4. The van der Waals surface area contributed by atoms with Gasteiger partial charge in [-0.2, -0.15) is 0 Å². The summed E-state index contributed by atoms with van der Waals surface area (Å²) in [6.45, 7) is 2.38. The predicted molar refractivity (Wildman–Crippen MR) is 109 cm³/mol. The molecule has 2 unspecified atom stereocenters. The fraction of sp³-hybridized carbons (Fsp3) is 0.364. The van der Waals surface area contributed by atoms with Crippen LogP contribution in [0.1, 0.15) is 5.56 Å². The highest BCUT2D eigenvalue weighted by molar-refractivity contribution is 8.01. The second kappa shape index (κ2) is 7.63. The maximum absolute atomic E-state index is 12.9. The van der Waals surface area contributed by atoms with Crippen LogP contribution in [0.25, 0.3) is 0 Å². The lowest BCUT2D eigenvalue weighted by atomic mass is 10.1. The molecule has 3 aliphatic rings. The van der Waals surface area contributed by atoms with Crippen LogP contribution in [0, 0.1) is 0 Å². The molecule has 0 aromatic heterocycles. The zero-order chi connectivity index (χ0) is 19.8. The third kappa shape index (κ3) is 3.55. The average molecular weight is 410 g/mol. The van der Waals surface area contributed by atoms with Crippen molar-refractivity contribution in [1.82, 2.24) is 9.80 Å². The van der Waals surface area contributed by atoms with Crippen LogP contribution in [0.2, 0.25) is 0 Å². The SMILES string of the molecule is O=C(C1COc2ccccc2O1)N1CCN(C(=O)C2Cc3ccccc3S2)CC1. The molecular formula is C22H22N2O4S. The van der Waals surface area contributed by atoms with E-state index in [0.29, 0.717) is 37.7 Å². The van der Waals surface area contributed by atoms with Crippen LogP contribution in [-0.2, 0) is 16.0 Å². The van der Waals surface area contributed by atoms with Gasteiger partial charge in [-0.25, -0.2) is 0 Å². The van der Waals surface area contributed by atoms with Crippen LogP contribution in [0.5, 0.6) is 11.5 Å². The van der Waals surface area contributed by atoms with Gasteiger partial charge in [0, 0.05) is 31.1 Å². The molecule has 0 aliphatic carbocycles. The van der Waals surface area contributed by atoms with Gasteiger partial charge in [0.25, 0.3) is 5.91 Å². The number of hydrogen-bond donors (Lipinski definition) is 0. The lowest BCUT2D eigenvalue weighted by Crippen LogP contribution is -2.56. The maximum Gasteiger partial charge on any atom is 0.267 e. The summed E-state index contributed by atoms with van der Waals surface area (Å²) >= 11 is 1.65. The number of amides is 2. The van der Waals surface area contributed by atoms with Crippen molar-refractivity contribution in [3.8, 4) is 11.5 Å². The van der Waals surface area contributed by atoms with Crippen LogP contribution in [-0.4, -0.2) is 65.8 Å². The van der Waals surface area contributed by atoms with Gasteiger partial charge in [-0.3, -0.25) is 9.59 Å². The molecule has 29 heavy (non-hydrogen) atoms. The van der Waals surface area contributed by atoms with Gasteiger partial charge in [0.2, 0.25) is 12.0 Å². The first-order chi connectivity index (χ1) is 14.2. The van der Waals surface area contributed by atoms with Crippen molar-refractivity contribution in [2.24, 2.45) is 0 Å². The number of benzene rings is 2. The minimum Gasteiger partial charge on any atom is -0.485 e. The standard InChI is InChI=1S/C22H22N2O4S/c25-21(18-14-27-16-6-2-3-7-17(16)28-18)23-9-11-24(12-10-23)22(26)20-13-15-5-1-4-8-19(15)29-20/h1-8,18,20H,9-14H2. The molecule has 150 valence electrons. The highest BCUT2D eigenvalue weighted by Gasteiger charge is 2.36. The summed E-state index contributed by atoms with van der Waals surface area (Å²) in [5.74, 6) is 1.37. The number of hydrogen-bond acceptors (Lipinski definition) is 5. The monoisotopic (exact) mass is 410 g/mol. The van der Waals surface area contributed by atoms with Gasteiger partial charge in [0.15, 0.2) is 11.5 Å². The first-order valence-corrected chi connectivity index (χ1v) is 10.8. The Morgan fingerprint density at radius 1 is 0.862 bits per heavy atom. The summed E-state index contributed by atoms with van der Waals surface area (Å²) in [5, 5.41) is -0.0544. The van der Waals surface area contributed by atoms with E-state index in [1.807, 2.05) is 41.3 Å². The molecule has 0 N–H and O–H groups in total. The molecule has 3 aliphatic heterocycles. The fourth-order valence-corrected chi connectivity index (χ4v) is 5.29. The van der Waals surface area contributed by atoms with Crippen LogP contribution in [0.4, 0.5) is 0 Å². The van der Waals surface area contributed by atoms with Crippen molar-refractivity contribution in [2.75, 3.05) is 32.8 Å². The first-order valence-electron chi connectivity index (χ1n) is 9.89. The smallest absolute Gasteiger partial charge is 0.267 e. The van der Waals surface area contributed by atoms with E-state index in [1.165, 1.54) is 10.5 Å². The summed E-state index contributed by atoms with van der Waals surface area (Å²) in [5.41, 5.74) is 1.25. The highest BCUT2D eigenvalue weighted by Crippen LogP contribution is 2.37. The summed E-state index contributed by atoms with van der Waals surface area (Å²) in [6, 6.07) is 15.6. The molecule has 7 heteroatoms. The predicted octanol–water partition coefficient (Wildman–Crippen LogP) is 2.21. The van der Waals surface area contributed by atoms with Crippen LogP contribution >= 0.6 is 11.8 Å². The van der Waals surface area contributed by atoms with Gasteiger partial charge >= 0.3 is 0 Å². The lowest BCUT2D eigenvalue weighted by Gasteiger charge is -2.37. The van der Waals surface area contributed by atoms with Crippen molar-refractivity contribution >= 4 is 23.6 Å². The Hall–Kier alpha value is -2.67. The number of piperazine rings is 1. The number of para-hydroxylation sites is 2. The molecule has 2 atom stereocenters. The number of carbonyl (C=O) groups excluding carboxylic acids is 2. The number of carbonyl (C=O) groups is 2. The molecule has 1 saturated heterocycles. The fourth-order valence-electron chi connectivity index (χ4n) is 4.02. The Kier molecular flexibility index (Phi) is 4.83. The Balaban J connectivity index is 1.16. The Labute approximate surface area is 173 Å². The number of nitrogens with zero attached hydrogens (tertiary/aromatic N) is 2. The van der Waals surface area contributed by atoms with Crippen molar-refractivity contribution in [3.05, 3.63) is 54.1 Å². The van der Waals surface area contributed by atoms with Gasteiger partial charge in [-0.15, -0.1) is 11.8 Å². The molecular weight excluding hydrogens is 388 g/mol. The van der Waals surface area contributed by atoms with Crippen molar-refractivity contribution in [2.45, 2.75) is 22.7 Å². The molecule has 0 spiro atoms. The van der Waals surface area contributed by atoms with E-state index in [4.69, 9.17) is 9.47 Å². The second-order valence-electron chi connectivity index (χ2n) is 7.43. The van der Waals surface area contributed by atoms with Crippen LogP contribution in [0.15, 0.2) is 53.4 Å². The van der Waals surface area contributed by atoms with E-state index in [0.717, 1.165) is 6.42 Å². The van der Waals surface area contributed by atoms with E-state index in [9.17, 15) is 9.59 Å². The molecule has 6 nitrogen and oxygen atoms in total. The van der Waals surface area contributed by atoms with Gasteiger partial charge in [0.1, 0.15) is 6.61 Å². The zero-order valence-corrected chi connectivity index (χ0v) is 16.8. The van der Waals surface area contributed by atoms with E-state index >= 15 is 0 Å². The van der Waals surface area contributed by atoms with Gasteiger partial charge in [0.05, 0.1) is 5.25 Å². The van der Waals surface area contributed by atoms with Crippen LogP contribution < -0.4 is 9.47 Å². The average Bonchev–Trinajstić information content (AvgIpc) is 3.22. The molecule has 2 aromatic rings. The lowest BCUT2D eigenvalue weighted by molar-refractivity contribution is -0.146. The summed E-state index contributed by atoms with van der Waals surface area (Å²) < 4.78 is 11.5. The van der Waals surface area contributed by atoms with Gasteiger partial charge in [-0.1, -0.05) is 30.3 Å². The highest BCUT2D eigenvalue weighted by atomic mass is 32.2. The minimum atomic E-state index is -0.632. The van der Waals surface area contributed by atoms with Gasteiger partial charge < -0.3 is 19.3 Å². The Bertz CT molecular complexity index is 917. The Morgan fingerprint density at radius 3 is 2.28 bits per heavy atom.